The number of aromatic nitrogens is 1. The molecule has 3 rings (SSSR count). The van der Waals surface area contributed by atoms with Crippen LogP contribution in [-0.4, -0.2) is 31.3 Å². The van der Waals surface area contributed by atoms with Gasteiger partial charge in [-0.2, -0.15) is 0 Å². The van der Waals surface area contributed by atoms with Crippen LogP contribution < -0.4 is 4.74 Å². The Kier molecular flexibility index (Phi) is 5.56. The fraction of sp³-hybridized carbons (Fsp3) is 0.167. The second-order valence-electron chi connectivity index (χ2n) is 6.10. The van der Waals surface area contributed by atoms with Crippen molar-refractivity contribution in [3.05, 3.63) is 53.8 Å². The summed E-state index contributed by atoms with van der Waals surface area (Å²) in [5.41, 5.74) is -0.972. The van der Waals surface area contributed by atoms with E-state index in [1.165, 1.54) is 12.1 Å². The fourth-order valence-electron chi connectivity index (χ4n) is 2.75. The number of halogens is 5. The van der Waals surface area contributed by atoms with Gasteiger partial charge in [0, 0.05) is 17.4 Å². The fourth-order valence-corrected chi connectivity index (χ4v) is 3.48. The van der Waals surface area contributed by atoms with Crippen LogP contribution in [-0.2, 0) is 16.4 Å². The summed E-state index contributed by atoms with van der Waals surface area (Å²) in [6.07, 6.45) is -4.26. The Morgan fingerprint density at radius 2 is 1.83 bits per heavy atom. The van der Waals surface area contributed by atoms with Gasteiger partial charge in [-0.1, -0.05) is 17.3 Å². The molecule has 0 unspecified atom stereocenters. The van der Waals surface area contributed by atoms with Crippen LogP contribution in [0.15, 0.2) is 45.8 Å². The van der Waals surface area contributed by atoms with Crippen molar-refractivity contribution < 1.29 is 44.7 Å². The SMILES string of the molecule is CS(=O)(=O)c1cc(F)c(-c2c(-c3cccc(OC(F)(F)F)c3)noc2CO)cc1F. The second-order valence-corrected chi connectivity index (χ2v) is 8.08. The van der Waals surface area contributed by atoms with Gasteiger partial charge in [-0.05, 0) is 24.3 Å². The molecular formula is C18H12F5NO5S. The van der Waals surface area contributed by atoms with Gasteiger partial charge >= 0.3 is 6.36 Å². The lowest BCUT2D eigenvalue weighted by molar-refractivity contribution is -0.274. The first-order valence-electron chi connectivity index (χ1n) is 8.06. The van der Waals surface area contributed by atoms with Gasteiger partial charge in [-0.3, -0.25) is 0 Å². The molecule has 3 aromatic rings. The van der Waals surface area contributed by atoms with Gasteiger partial charge in [-0.25, -0.2) is 17.2 Å². The van der Waals surface area contributed by atoms with E-state index in [2.05, 4.69) is 9.89 Å². The van der Waals surface area contributed by atoms with Crippen LogP contribution in [0.25, 0.3) is 22.4 Å². The summed E-state index contributed by atoms with van der Waals surface area (Å²) >= 11 is 0. The minimum absolute atomic E-state index is 0.0119. The van der Waals surface area contributed by atoms with E-state index in [1.807, 2.05) is 0 Å². The zero-order valence-electron chi connectivity index (χ0n) is 15.0. The van der Waals surface area contributed by atoms with E-state index in [0.717, 1.165) is 12.1 Å². The molecule has 160 valence electrons. The van der Waals surface area contributed by atoms with Gasteiger partial charge in [0.05, 0.1) is 5.56 Å². The molecule has 1 heterocycles. The molecule has 1 aromatic heterocycles. The number of hydrogen-bond donors (Lipinski definition) is 1. The molecule has 6 nitrogen and oxygen atoms in total. The average molecular weight is 449 g/mol. The number of ether oxygens (including phenoxy) is 1. The number of nitrogens with zero attached hydrogens (tertiary/aromatic N) is 1. The molecule has 0 amide bonds. The highest BCUT2D eigenvalue weighted by Crippen LogP contribution is 2.39. The van der Waals surface area contributed by atoms with E-state index in [9.17, 15) is 35.5 Å². The van der Waals surface area contributed by atoms with E-state index in [1.54, 1.807) is 0 Å². The zero-order chi connectivity index (χ0) is 22.3. The highest BCUT2D eigenvalue weighted by molar-refractivity contribution is 7.90. The number of aliphatic hydroxyl groups is 1. The smallest absolute Gasteiger partial charge is 0.406 e. The topological polar surface area (TPSA) is 89.6 Å². The number of aliphatic hydroxyl groups excluding tert-OH is 1. The van der Waals surface area contributed by atoms with Crippen molar-refractivity contribution in [3.63, 3.8) is 0 Å². The van der Waals surface area contributed by atoms with Crippen LogP contribution in [0.1, 0.15) is 5.76 Å². The van der Waals surface area contributed by atoms with Crippen molar-refractivity contribution in [2.45, 2.75) is 17.9 Å². The van der Waals surface area contributed by atoms with E-state index in [0.29, 0.717) is 18.4 Å². The van der Waals surface area contributed by atoms with Crippen LogP contribution in [0.2, 0.25) is 0 Å². The third kappa shape index (κ3) is 4.44. The van der Waals surface area contributed by atoms with Gasteiger partial charge in [0.25, 0.3) is 0 Å². The van der Waals surface area contributed by atoms with Crippen LogP contribution >= 0.6 is 0 Å². The number of benzene rings is 2. The molecule has 0 saturated carbocycles. The van der Waals surface area contributed by atoms with Crippen molar-refractivity contribution in [2.24, 2.45) is 0 Å². The Labute approximate surface area is 166 Å². The van der Waals surface area contributed by atoms with Crippen LogP contribution in [0.4, 0.5) is 22.0 Å². The summed E-state index contributed by atoms with van der Waals surface area (Å²) in [6, 6.07) is 5.51. The third-order valence-electron chi connectivity index (χ3n) is 3.94. The standard InChI is InChI=1S/C18H12F5NO5S/c1-30(26,27)15-7-12(19)11(6-13(15)20)16-14(8-25)29-24-17(16)9-3-2-4-10(5-9)28-18(21,22)23/h2-7,25H,8H2,1H3. The van der Waals surface area contributed by atoms with E-state index < -0.39 is 50.6 Å². The van der Waals surface area contributed by atoms with Crippen molar-refractivity contribution in [2.75, 3.05) is 6.26 Å². The molecular weight excluding hydrogens is 437 g/mol. The monoisotopic (exact) mass is 449 g/mol. The Morgan fingerprint density at radius 1 is 1.13 bits per heavy atom. The molecule has 0 aliphatic rings. The molecule has 0 saturated heterocycles. The van der Waals surface area contributed by atoms with Crippen molar-refractivity contribution >= 4 is 9.84 Å². The Hall–Kier alpha value is -2.99. The summed E-state index contributed by atoms with van der Waals surface area (Å²) in [6.45, 7) is -0.796. The summed E-state index contributed by atoms with van der Waals surface area (Å²) < 4.78 is 98.4. The molecule has 0 spiro atoms. The lowest BCUT2D eigenvalue weighted by atomic mass is 9.98. The average Bonchev–Trinajstić information content (AvgIpc) is 3.05. The molecule has 0 radical (unpaired) electrons. The van der Waals surface area contributed by atoms with Crippen molar-refractivity contribution in [1.82, 2.24) is 5.16 Å². The van der Waals surface area contributed by atoms with Gasteiger partial charge in [0.2, 0.25) is 0 Å². The largest absolute Gasteiger partial charge is 0.573 e. The first-order chi connectivity index (χ1) is 13.9. The van der Waals surface area contributed by atoms with Gasteiger partial charge < -0.3 is 14.4 Å². The molecule has 0 aliphatic heterocycles. The normalized spacial score (nSPS) is 12.2. The molecule has 0 atom stereocenters. The van der Waals surface area contributed by atoms with Crippen LogP contribution in [0, 0.1) is 11.6 Å². The first-order valence-corrected chi connectivity index (χ1v) is 9.95. The van der Waals surface area contributed by atoms with Crippen LogP contribution in [0.5, 0.6) is 5.75 Å². The maximum absolute atomic E-state index is 14.7. The third-order valence-corrected chi connectivity index (χ3v) is 5.05. The van der Waals surface area contributed by atoms with Crippen molar-refractivity contribution in [1.29, 1.82) is 0 Å². The van der Waals surface area contributed by atoms with E-state index >= 15 is 0 Å². The summed E-state index contributed by atoms with van der Waals surface area (Å²) in [5.74, 6) is -3.34. The molecule has 30 heavy (non-hydrogen) atoms. The van der Waals surface area contributed by atoms with Gasteiger partial charge in [0.1, 0.15) is 34.6 Å². The first kappa shape index (κ1) is 21.7. The highest BCUT2D eigenvalue weighted by Gasteiger charge is 2.31. The molecule has 12 heteroatoms. The van der Waals surface area contributed by atoms with Crippen molar-refractivity contribution in [3.8, 4) is 28.1 Å². The van der Waals surface area contributed by atoms with E-state index in [4.69, 9.17) is 4.52 Å². The minimum atomic E-state index is -4.96. The lowest BCUT2D eigenvalue weighted by Crippen LogP contribution is -2.17. The number of alkyl halides is 3. The Morgan fingerprint density at radius 3 is 2.43 bits per heavy atom. The molecule has 1 N–H and O–H groups in total. The van der Waals surface area contributed by atoms with E-state index in [-0.39, 0.29) is 22.6 Å². The predicted octanol–water partition coefficient (Wildman–Crippen LogP) is 4.08. The summed E-state index contributed by atoms with van der Waals surface area (Å²) in [7, 11) is -4.07. The minimum Gasteiger partial charge on any atom is -0.406 e. The Balaban J connectivity index is 2.19. The Bertz CT molecular complexity index is 1200. The lowest BCUT2D eigenvalue weighted by Gasteiger charge is -2.11. The van der Waals surface area contributed by atoms with Crippen LogP contribution in [0.3, 0.4) is 0 Å². The number of hydrogen-bond acceptors (Lipinski definition) is 6. The maximum Gasteiger partial charge on any atom is 0.573 e. The van der Waals surface area contributed by atoms with Gasteiger partial charge in [-0.15, -0.1) is 13.2 Å². The quantitative estimate of drug-likeness (QED) is 0.591. The highest BCUT2D eigenvalue weighted by atomic mass is 32.2. The zero-order valence-corrected chi connectivity index (χ0v) is 15.8. The van der Waals surface area contributed by atoms with Gasteiger partial charge in [0.15, 0.2) is 15.6 Å². The molecule has 0 bridgehead atoms. The predicted molar refractivity (Wildman–Crippen MR) is 93.0 cm³/mol. The molecule has 0 aliphatic carbocycles. The molecule has 2 aromatic carbocycles. The maximum atomic E-state index is 14.7. The second kappa shape index (κ2) is 7.69. The number of rotatable bonds is 5. The summed E-state index contributed by atoms with van der Waals surface area (Å²) in [4.78, 5) is -0.882. The molecule has 0 fully saturated rings. The summed E-state index contributed by atoms with van der Waals surface area (Å²) in [5, 5.41) is 13.1. The number of sulfone groups is 1.